The highest BCUT2D eigenvalue weighted by Gasteiger charge is 2.49. The van der Waals surface area contributed by atoms with Gasteiger partial charge in [-0.15, -0.1) is 0 Å². The number of likely N-dealkylation sites (N-methyl/N-ethyl adjacent to an activating group) is 1. The smallest absolute Gasteiger partial charge is 0.271 e. The van der Waals surface area contributed by atoms with Crippen molar-refractivity contribution in [2.75, 3.05) is 33.4 Å². The van der Waals surface area contributed by atoms with Crippen LogP contribution in [0, 0.1) is 0 Å². The number of aryl methyl sites for hydroxylation is 1. The van der Waals surface area contributed by atoms with Crippen LogP contribution in [0.1, 0.15) is 77.5 Å². The van der Waals surface area contributed by atoms with Gasteiger partial charge in [0.05, 0.1) is 5.41 Å². The Morgan fingerprint density at radius 3 is 2.89 bits per heavy atom. The van der Waals surface area contributed by atoms with Gasteiger partial charge in [0.2, 0.25) is 5.88 Å². The third-order valence-corrected chi connectivity index (χ3v) is 9.79. The molecule has 1 aliphatic heterocycles. The Morgan fingerprint density at radius 2 is 2.11 bits per heavy atom. The van der Waals surface area contributed by atoms with Crippen molar-refractivity contribution in [3.05, 3.63) is 64.2 Å². The Kier molecular flexibility index (Phi) is 7.39. The van der Waals surface area contributed by atoms with Gasteiger partial charge < -0.3 is 20.3 Å². The van der Waals surface area contributed by atoms with Crippen LogP contribution in [0.5, 0.6) is 5.88 Å². The lowest BCUT2D eigenvalue weighted by Gasteiger charge is -2.33. The molecule has 3 atom stereocenters. The average molecular weight is 610 g/mol. The summed E-state index contributed by atoms with van der Waals surface area (Å²) in [5.74, 6) is 1.87. The lowest BCUT2D eigenvalue weighted by Crippen LogP contribution is -2.38. The molecule has 4 heterocycles. The number of nitrogens with two attached hydrogens (primary N) is 1. The molecule has 1 spiro atoms. The lowest BCUT2D eigenvalue weighted by atomic mass is 9.68. The van der Waals surface area contributed by atoms with Gasteiger partial charge in [0.1, 0.15) is 6.10 Å². The summed E-state index contributed by atoms with van der Waals surface area (Å²) in [4.78, 5) is 28.7. The Bertz CT molecular complexity index is 1790. The average Bonchev–Trinajstić information content (AvgIpc) is 3.85. The normalized spacial score (nSPS) is 21.7. The van der Waals surface area contributed by atoms with E-state index in [1.54, 1.807) is 37.1 Å². The number of benzene rings is 1. The molecule has 234 valence electrons. The Hall–Kier alpha value is -4.58. The number of nitrogens with zero attached hydrogens (tertiary/aromatic N) is 7. The molecule has 0 unspecified atom stereocenters. The van der Waals surface area contributed by atoms with E-state index in [9.17, 15) is 4.79 Å². The standard InChI is InChI=1S/C33H39N9O3/c1-19(25-8-6-15-41(25)4)44-27-17-26(42-16-12-24(39-42)32(43)36-3)37-31(38-27)29-21-7-5-13-33(30(21)45-40-29)14-11-20-9-10-23(34)22(18-35-2)28(20)33/h9-10,12,16-19,25H,5-8,11,13-15,34H2,1-4H3,(H,36,43)/t19-,25-,33+/m0/s1. The number of aromatic nitrogens is 5. The highest BCUT2D eigenvalue weighted by molar-refractivity contribution is 5.92. The summed E-state index contributed by atoms with van der Waals surface area (Å²) in [6, 6.07) is 7.80. The lowest BCUT2D eigenvalue weighted by molar-refractivity contribution is 0.0957. The molecule has 12 heteroatoms. The number of rotatable bonds is 7. The summed E-state index contributed by atoms with van der Waals surface area (Å²) in [5.41, 5.74) is 12.2. The molecule has 4 aromatic rings. The van der Waals surface area contributed by atoms with E-state index in [4.69, 9.17) is 25.0 Å². The van der Waals surface area contributed by atoms with Crippen molar-refractivity contribution in [1.82, 2.24) is 35.1 Å². The first-order valence-corrected chi connectivity index (χ1v) is 15.7. The van der Waals surface area contributed by atoms with Crippen LogP contribution in [0.15, 0.2) is 40.0 Å². The number of carbonyl (C=O) groups is 1. The molecule has 7 rings (SSSR count). The van der Waals surface area contributed by atoms with Crippen LogP contribution < -0.4 is 15.8 Å². The summed E-state index contributed by atoms with van der Waals surface area (Å²) in [5, 5.41) is 11.7. The maximum Gasteiger partial charge on any atom is 0.271 e. The van der Waals surface area contributed by atoms with Gasteiger partial charge in [-0.05, 0) is 88.7 Å². The van der Waals surface area contributed by atoms with Gasteiger partial charge in [-0.2, -0.15) is 10.1 Å². The third-order valence-electron chi connectivity index (χ3n) is 9.79. The number of carbonyl (C=O) groups excluding carboxylic acids is 1. The number of anilines is 1. The molecule has 0 radical (unpaired) electrons. The molecule has 2 aliphatic carbocycles. The van der Waals surface area contributed by atoms with E-state index < -0.39 is 0 Å². The highest BCUT2D eigenvalue weighted by atomic mass is 16.5. The summed E-state index contributed by atoms with van der Waals surface area (Å²) in [6.07, 6.45) is 10.2. The maximum atomic E-state index is 12.3. The van der Waals surface area contributed by atoms with Crippen LogP contribution in [0.3, 0.4) is 0 Å². The van der Waals surface area contributed by atoms with Gasteiger partial charge in [0.15, 0.2) is 28.8 Å². The first-order valence-electron chi connectivity index (χ1n) is 15.7. The van der Waals surface area contributed by atoms with Crippen LogP contribution in [0.2, 0.25) is 0 Å². The van der Waals surface area contributed by atoms with Gasteiger partial charge in [-0.25, -0.2) is 9.67 Å². The Morgan fingerprint density at radius 1 is 1.24 bits per heavy atom. The zero-order chi connectivity index (χ0) is 31.3. The fraction of sp³-hybridized carbons (Fsp3) is 0.455. The van der Waals surface area contributed by atoms with Crippen molar-refractivity contribution in [1.29, 1.82) is 0 Å². The zero-order valence-electron chi connectivity index (χ0n) is 26.2. The molecule has 1 saturated heterocycles. The predicted molar refractivity (Wildman–Crippen MR) is 170 cm³/mol. The van der Waals surface area contributed by atoms with E-state index in [1.807, 2.05) is 12.3 Å². The Balaban J connectivity index is 1.33. The third kappa shape index (κ3) is 4.87. The molecule has 12 nitrogen and oxygen atoms in total. The molecule has 0 saturated carbocycles. The SMILES string of the molecule is CN=Cc1c(N)ccc2c1[C@@]1(CCCc3c(-c4nc(O[C@@H](C)[C@@H]5CCCN5C)cc(-n5ccc(C(=O)NC)n5)n4)noc31)CC2. The van der Waals surface area contributed by atoms with E-state index in [2.05, 4.69) is 45.5 Å². The van der Waals surface area contributed by atoms with Crippen LogP contribution in [-0.2, 0) is 18.3 Å². The molecule has 3 aliphatic rings. The second-order valence-corrected chi connectivity index (χ2v) is 12.4. The molecule has 3 aromatic heterocycles. The second-order valence-electron chi connectivity index (χ2n) is 12.4. The monoisotopic (exact) mass is 609 g/mol. The van der Waals surface area contributed by atoms with Crippen LogP contribution in [0.4, 0.5) is 5.69 Å². The van der Waals surface area contributed by atoms with E-state index in [0.29, 0.717) is 28.9 Å². The zero-order valence-corrected chi connectivity index (χ0v) is 26.2. The number of hydrogen-bond donors (Lipinski definition) is 2. The van der Waals surface area contributed by atoms with Gasteiger partial charge in [0, 0.05) is 55.4 Å². The minimum absolute atomic E-state index is 0.0965. The topological polar surface area (TPSA) is 150 Å². The van der Waals surface area contributed by atoms with E-state index in [-0.39, 0.29) is 29.2 Å². The number of aliphatic imine (C=N–C) groups is 1. The number of nitrogen functional groups attached to an aromatic ring is 1. The summed E-state index contributed by atoms with van der Waals surface area (Å²) >= 11 is 0. The quantitative estimate of drug-likeness (QED) is 0.236. The van der Waals surface area contributed by atoms with Crippen molar-refractivity contribution in [3.8, 4) is 23.2 Å². The van der Waals surface area contributed by atoms with Gasteiger partial charge in [-0.1, -0.05) is 11.2 Å². The number of hydrogen-bond acceptors (Lipinski definition) is 10. The largest absolute Gasteiger partial charge is 0.473 e. The number of fused-ring (bicyclic) bond motifs is 4. The number of likely N-dealkylation sites (tertiary alicyclic amines) is 1. The van der Waals surface area contributed by atoms with Crippen molar-refractivity contribution in [3.63, 3.8) is 0 Å². The molecule has 1 amide bonds. The van der Waals surface area contributed by atoms with Crippen LogP contribution in [-0.4, -0.2) is 81.8 Å². The van der Waals surface area contributed by atoms with Gasteiger partial charge >= 0.3 is 0 Å². The minimum atomic E-state index is -0.344. The molecule has 3 N–H and O–H groups in total. The summed E-state index contributed by atoms with van der Waals surface area (Å²) < 4.78 is 14.3. The summed E-state index contributed by atoms with van der Waals surface area (Å²) in [6.45, 7) is 3.12. The van der Waals surface area contributed by atoms with E-state index >= 15 is 0 Å². The molecule has 1 aromatic carbocycles. The molecule has 1 fully saturated rings. The molecule has 45 heavy (non-hydrogen) atoms. The maximum absolute atomic E-state index is 12.3. The number of nitrogens with one attached hydrogen (secondary N) is 1. The van der Waals surface area contributed by atoms with Crippen molar-refractivity contribution < 1.29 is 14.1 Å². The molecular formula is C33H39N9O3. The van der Waals surface area contributed by atoms with Crippen molar-refractivity contribution in [2.45, 2.75) is 69.4 Å². The first kappa shape index (κ1) is 29.1. The van der Waals surface area contributed by atoms with E-state index in [0.717, 1.165) is 68.4 Å². The summed E-state index contributed by atoms with van der Waals surface area (Å²) in [7, 11) is 5.47. The van der Waals surface area contributed by atoms with E-state index in [1.165, 1.54) is 11.1 Å². The fourth-order valence-corrected chi connectivity index (χ4v) is 7.64. The van der Waals surface area contributed by atoms with Crippen molar-refractivity contribution in [2.24, 2.45) is 4.99 Å². The van der Waals surface area contributed by atoms with Crippen LogP contribution in [0.25, 0.3) is 17.3 Å². The van der Waals surface area contributed by atoms with Gasteiger partial charge in [0.25, 0.3) is 5.91 Å². The van der Waals surface area contributed by atoms with Gasteiger partial charge in [-0.3, -0.25) is 14.7 Å². The molecular weight excluding hydrogens is 570 g/mol. The first-order chi connectivity index (χ1) is 21.8. The van der Waals surface area contributed by atoms with Crippen LogP contribution >= 0.6 is 0 Å². The predicted octanol–water partition coefficient (Wildman–Crippen LogP) is 3.74. The highest BCUT2D eigenvalue weighted by Crippen LogP contribution is 2.54. The second kappa shape index (κ2) is 11.4. The number of amides is 1. The Labute approximate surface area is 262 Å². The molecule has 0 bridgehead atoms. The fourth-order valence-electron chi connectivity index (χ4n) is 7.64. The number of ether oxygens (including phenoxy) is 1. The van der Waals surface area contributed by atoms with Crippen molar-refractivity contribution >= 4 is 17.8 Å². The minimum Gasteiger partial charge on any atom is -0.473 e.